The molecule has 2 N–H and O–H groups in total. The highest BCUT2D eigenvalue weighted by Gasteiger charge is 2.04. The van der Waals surface area contributed by atoms with Crippen molar-refractivity contribution in [1.82, 2.24) is 10.3 Å². The fourth-order valence-corrected chi connectivity index (χ4v) is 2.14. The Bertz CT molecular complexity index is 608. The van der Waals surface area contributed by atoms with Gasteiger partial charge in [-0.15, -0.1) is 0 Å². The molecule has 2 rings (SSSR count). The molecule has 0 aliphatic heterocycles. The highest BCUT2D eigenvalue weighted by Crippen LogP contribution is 2.19. The van der Waals surface area contributed by atoms with Crippen molar-refractivity contribution < 1.29 is 4.79 Å². The first-order chi connectivity index (χ1) is 9.56. The van der Waals surface area contributed by atoms with Crippen molar-refractivity contribution >= 4 is 22.6 Å². The average Bonchev–Trinajstić information content (AvgIpc) is 2.38. The van der Waals surface area contributed by atoms with Gasteiger partial charge in [-0.05, 0) is 38.5 Å². The van der Waals surface area contributed by atoms with Gasteiger partial charge in [-0.2, -0.15) is 0 Å². The van der Waals surface area contributed by atoms with E-state index in [0.29, 0.717) is 13.0 Å². The molecule has 0 saturated heterocycles. The van der Waals surface area contributed by atoms with Crippen LogP contribution in [0.3, 0.4) is 0 Å². The van der Waals surface area contributed by atoms with Crippen molar-refractivity contribution in [3.63, 3.8) is 0 Å². The standard InChI is InChI=1S/C16H21N3O/c1-11(2)18-16(20)8-9-17-15-10-12(3)13-6-4-5-7-14(13)19-15/h4-7,10-11H,8-9H2,1-3H3,(H,17,19)(H,18,20). The summed E-state index contributed by atoms with van der Waals surface area (Å²) in [5.41, 5.74) is 2.16. The van der Waals surface area contributed by atoms with E-state index in [1.165, 1.54) is 5.56 Å². The minimum Gasteiger partial charge on any atom is -0.370 e. The summed E-state index contributed by atoms with van der Waals surface area (Å²) in [7, 11) is 0. The van der Waals surface area contributed by atoms with Crippen molar-refractivity contribution in [3.8, 4) is 0 Å². The Morgan fingerprint density at radius 3 is 2.80 bits per heavy atom. The van der Waals surface area contributed by atoms with Crippen LogP contribution in [0.5, 0.6) is 0 Å². The summed E-state index contributed by atoms with van der Waals surface area (Å²) in [6.45, 7) is 6.57. The number of carbonyl (C=O) groups is 1. The summed E-state index contributed by atoms with van der Waals surface area (Å²) in [4.78, 5) is 16.1. The van der Waals surface area contributed by atoms with E-state index in [1.807, 2.05) is 38.1 Å². The van der Waals surface area contributed by atoms with Crippen LogP contribution in [0, 0.1) is 6.92 Å². The second-order valence-corrected chi connectivity index (χ2v) is 5.24. The van der Waals surface area contributed by atoms with E-state index in [1.54, 1.807) is 0 Å². The number of nitrogens with one attached hydrogen (secondary N) is 2. The molecule has 2 aromatic rings. The van der Waals surface area contributed by atoms with Gasteiger partial charge in [0.15, 0.2) is 0 Å². The van der Waals surface area contributed by atoms with Crippen LogP contribution in [0.15, 0.2) is 30.3 Å². The maximum absolute atomic E-state index is 11.6. The largest absolute Gasteiger partial charge is 0.370 e. The maximum atomic E-state index is 11.6. The third-order valence-electron chi connectivity index (χ3n) is 3.03. The molecule has 0 radical (unpaired) electrons. The molecule has 106 valence electrons. The number of nitrogens with zero attached hydrogens (tertiary/aromatic N) is 1. The molecule has 0 fully saturated rings. The van der Waals surface area contributed by atoms with E-state index < -0.39 is 0 Å². The molecule has 0 saturated carbocycles. The zero-order chi connectivity index (χ0) is 14.5. The average molecular weight is 271 g/mol. The number of pyridine rings is 1. The lowest BCUT2D eigenvalue weighted by molar-refractivity contribution is -0.121. The number of rotatable bonds is 5. The van der Waals surface area contributed by atoms with Gasteiger partial charge in [-0.25, -0.2) is 4.98 Å². The van der Waals surface area contributed by atoms with Crippen molar-refractivity contribution in [2.24, 2.45) is 0 Å². The number of hydrogen-bond acceptors (Lipinski definition) is 3. The van der Waals surface area contributed by atoms with Gasteiger partial charge in [0.2, 0.25) is 5.91 Å². The first-order valence-corrected chi connectivity index (χ1v) is 6.96. The van der Waals surface area contributed by atoms with Crippen molar-refractivity contribution in [2.45, 2.75) is 33.2 Å². The van der Waals surface area contributed by atoms with Crippen molar-refractivity contribution in [2.75, 3.05) is 11.9 Å². The zero-order valence-corrected chi connectivity index (χ0v) is 12.2. The molecule has 0 aliphatic carbocycles. The Hall–Kier alpha value is -2.10. The van der Waals surface area contributed by atoms with Crippen LogP contribution in [0.2, 0.25) is 0 Å². The Labute approximate surface area is 119 Å². The Kier molecular flexibility index (Phi) is 4.56. The van der Waals surface area contributed by atoms with Gasteiger partial charge < -0.3 is 10.6 Å². The topological polar surface area (TPSA) is 54.0 Å². The van der Waals surface area contributed by atoms with Gasteiger partial charge in [0, 0.05) is 24.4 Å². The molecule has 0 unspecified atom stereocenters. The predicted molar refractivity (Wildman–Crippen MR) is 82.9 cm³/mol. The minimum atomic E-state index is 0.0602. The molecular weight excluding hydrogens is 250 g/mol. The zero-order valence-electron chi connectivity index (χ0n) is 12.2. The SMILES string of the molecule is Cc1cc(NCCC(=O)NC(C)C)nc2ccccc12. The maximum Gasteiger partial charge on any atom is 0.221 e. The van der Waals surface area contributed by atoms with Crippen LogP contribution >= 0.6 is 0 Å². The van der Waals surface area contributed by atoms with Crippen LogP contribution in [0.25, 0.3) is 10.9 Å². The molecule has 0 bridgehead atoms. The molecule has 1 aromatic carbocycles. The number of amides is 1. The Morgan fingerprint density at radius 1 is 1.30 bits per heavy atom. The first kappa shape index (κ1) is 14.3. The fourth-order valence-electron chi connectivity index (χ4n) is 2.14. The molecule has 1 heterocycles. The van der Waals surface area contributed by atoms with Gasteiger partial charge in [0.1, 0.15) is 5.82 Å². The molecule has 4 heteroatoms. The van der Waals surface area contributed by atoms with E-state index in [0.717, 1.165) is 16.7 Å². The molecule has 0 atom stereocenters. The third kappa shape index (κ3) is 3.70. The van der Waals surface area contributed by atoms with Gasteiger partial charge in [0.05, 0.1) is 5.52 Å². The molecule has 0 spiro atoms. The quantitative estimate of drug-likeness (QED) is 0.879. The van der Waals surface area contributed by atoms with Crippen LogP contribution in [-0.4, -0.2) is 23.5 Å². The number of hydrogen-bond donors (Lipinski definition) is 2. The highest BCUT2D eigenvalue weighted by molar-refractivity contribution is 5.83. The van der Waals surface area contributed by atoms with E-state index in [4.69, 9.17) is 0 Å². The van der Waals surface area contributed by atoms with Gasteiger partial charge in [0.25, 0.3) is 0 Å². The van der Waals surface area contributed by atoms with E-state index in [9.17, 15) is 4.79 Å². The molecule has 1 aromatic heterocycles. The summed E-state index contributed by atoms with van der Waals surface area (Å²) >= 11 is 0. The molecule has 1 amide bonds. The predicted octanol–water partition coefficient (Wildman–Crippen LogP) is 2.87. The third-order valence-corrected chi connectivity index (χ3v) is 3.03. The lowest BCUT2D eigenvalue weighted by Gasteiger charge is -2.10. The van der Waals surface area contributed by atoms with Gasteiger partial charge in [-0.3, -0.25) is 4.79 Å². The second kappa shape index (κ2) is 6.37. The van der Waals surface area contributed by atoms with E-state index >= 15 is 0 Å². The summed E-state index contributed by atoms with van der Waals surface area (Å²) in [6.07, 6.45) is 0.450. The molecular formula is C16H21N3O. The van der Waals surface area contributed by atoms with Gasteiger partial charge in [-0.1, -0.05) is 18.2 Å². The molecule has 4 nitrogen and oxygen atoms in total. The number of aryl methyl sites for hydroxylation is 1. The van der Waals surface area contributed by atoms with Crippen LogP contribution in [0.1, 0.15) is 25.8 Å². The lowest BCUT2D eigenvalue weighted by atomic mass is 10.1. The minimum absolute atomic E-state index is 0.0602. The van der Waals surface area contributed by atoms with E-state index in [2.05, 4.69) is 28.6 Å². The summed E-state index contributed by atoms with van der Waals surface area (Å²) in [5.74, 6) is 0.878. The summed E-state index contributed by atoms with van der Waals surface area (Å²) < 4.78 is 0. The number of carbonyl (C=O) groups excluding carboxylic acids is 1. The Balaban J connectivity index is 1.98. The highest BCUT2D eigenvalue weighted by atomic mass is 16.1. The van der Waals surface area contributed by atoms with Crippen LogP contribution < -0.4 is 10.6 Å². The molecule has 20 heavy (non-hydrogen) atoms. The van der Waals surface area contributed by atoms with E-state index in [-0.39, 0.29) is 11.9 Å². The lowest BCUT2D eigenvalue weighted by Crippen LogP contribution is -2.31. The number of anilines is 1. The van der Waals surface area contributed by atoms with Crippen LogP contribution in [0.4, 0.5) is 5.82 Å². The summed E-state index contributed by atoms with van der Waals surface area (Å²) in [5, 5.41) is 7.24. The number of para-hydroxylation sites is 1. The number of fused-ring (bicyclic) bond motifs is 1. The fraction of sp³-hybridized carbons (Fsp3) is 0.375. The Morgan fingerprint density at radius 2 is 2.05 bits per heavy atom. The number of aromatic nitrogens is 1. The van der Waals surface area contributed by atoms with Crippen molar-refractivity contribution in [3.05, 3.63) is 35.9 Å². The normalized spacial score (nSPS) is 10.8. The summed E-state index contributed by atoms with van der Waals surface area (Å²) in [6, 6.07) is 10.3. The first-order valence-electron chi connectivity index (χ1n) is 6.96. The van der Waals surface area contributed by atoms with Gasteiger partial charge >= 0.3 is 0 Å². The number of benzene rings is 1. The smallest absolute Gasteiger partial charge is 0.221 e. The monoisotopic (exact) mass is 271 g/mol. The molecule has 0 aliphatic rings. The second-order valence-electron chi connectivity index (χ2n) is 5.24. The van der Waals surface area contributed by atoms with Crippen molar-refractivity contribution in [1.29, 1.82) is 0 Å². The van der Waals surface area contributed by atoms with Crippen LogP contribution in [-0.2, 0) is 4.79 Å².